The number of benzene rings is 10. The van der Waals surface area contributed by atoms with E-state index in [9.17, 15) is 0 Å². The normalized spacial score (nSPS) is 12.1. The Bertz CT molecular complexity index is 4300. The zero-order chi connectivity index (χ0) is 45.4. The average molecular weight is 934 g/mol. The summed E-state index contributed by atoms with van der Waals surface area (Å²) in [7, 11) is 0. The first-order chi connectivity index (χ1) is 34.2. The summed E-state index contributed by atoms with van der Waals surface area (Å²) in [4.78, 5) is 2.42. The van der Waals surface area contributed by atoms with E-state index in [4.69, 9.17) is 4.42 Å². The first-order valence-corrected chi connectivity index (χ1v) is 25.7. The molecule has 0 aliphatic carbocycles. The summed E-state index contributed by atoms with van der Waals surface area (Å²) in [5.41, 5.74) is 14.7. The van der Waals surface area contributed by atoms with Crippen LogP contribution in [0.5, 0.6) is 0 Å². The molecule has 4 heterocycles. The minimum Gasteiger partial charge on any atom is -0.456 e. The van der Waals surface area contributed by atoms with Crippen molar-refractivity contribution in [2.45, 2.75) is 0 Å². The molecule has 2 nitrogen and oxygen atoms in total. The molecule has 0 amide bonds. The molecule has 0 unspecified atom stereocenters. The lowest BCUT2D eigenvalue weighted by Gasteiger charge is -2.26. The van der Waals surface area contributed by atoms with Gasteiger partial charge in [0.25, 0.3) is 0 Å². The minimum atomic E-state index is 0.903. The number of hydrogen-bond acceptors (Lipinski definition) is 5. The van der Waals surface area contributed by atoms with Gasteiger partial charge in [0.05, 0.1) is 4.01 Å². The number of anilines is 3. The second-order valence-corrected chi connectivity index (χ2v) is 21.1. The van der Waals surface area contributed by atoms with Crippen molar-refractivity contribution in [2.24, 2.45) is 0 Å². The van der Waals surface area contributed by atoms with Gasteiger partial charge in [-0.05, 0) is 129 Å². The molecule has 5 heteroatoms. The Balaban J connectivity index is 0.897. The molecule has 0 N–H and O–H groups in total. The van der Waals surface area contributed by atoms with Crippen molar-refractivity contribution in [2.75, 3.05) is 4.90 Å². The molecule has 14 rings (SSSR count). The highest BCUT2D eigenvalue weighted by molar-refractivity contribution is 7.44. The van der Waals surface area contributed by atoms with Gasteiger partial charge in [-0.3, -0.25) is 0 Å². The second kappa shape index (κ2) is 16.3. The average Bonchev–Trinajstić information content (AvgIpc) is 4.17. The Morgan fingerprint density at radius 2 is 1.00 bits per heavy atom. The van der Waals surface area contributed by atoms with Gasteiger partial charge in [0.15, 0.2) is 0 Å². The van der Waals surface area contributed by atoms with Crippen LogP contribution in [0.4, 0.5) is 17.1 Å². The summed E-state index contributed by atoms with van der Waals surface area (Å²) in [5, 5.41) is 8.78. The van der Waals surface area contributed by atoms with E-state index in [1.54, 1.807) is 0 Å². The zero-order valence-corrected chi connectivity index (χ0v) is 39.5. The number of thiophene rings is 3. The highest BCUT2D eigenvalue weighted by Crippen LogP contribution is 2.48. The van der Waals surface area contributed by atoms with Crippen LogP contribution in [-0.4, -0.2) is 0 Å². The molecule has 0 atom stereocenters. The van der Waals surface area contributed by atoms with Crippen molar-refractivity contribution < 1.29 is 4.42 Å². The van der Waals surface area contributed by atoms with Gasteiger partial charge in [-0.15, -0.1) is 34.0 Å². The molecule has 0 saturated heterocycles. The maximum absolute atomic E-state index is 6.32. The van der Waals surface area contributed by atoms with E-state index in [1.807, 2.05) is 40.1 Å². The molecular weight excluding hydrogens is 895 g/mol. The smallest absolute Gasteiger partial charge is 0.136 e. The van der Waals surface area contributed by atoms with Crippen LogP contribution in [0.1, 0.15) is 16.7 Å². The van der Waals surface area contributed by atoms with Crippen molar-refractivity contribution in [1.82, 2.24) is 0 Å². The van der Waals surface area contributed by atoms with E-state index >= 15 is 0 Å². The topological polar surface area (TPSA) is 16.4 Å². The van der Waals surface area contributed by atoms with E-state index in [-0.39, 0.29) is 0 Å². The van der Waals surface area contributed by atoms with Crippen molar-refractivity contribution in [3.63, 3.8) is 0 Å². The molecule has 0 aliphatic heterocycles. The Hall–Kier alpha value is -8.06. The van der Waals surface area contributed by atoms with Crippen LogP contribution < -0.4 is 4.90 Å². The van der Waals surface area contributed by atoms with E-state index in [1.165, 1.54) is 77.6 Å². The lowest BCUT2D eigenvalue weighted by molar-refractivity contribution is 0.669. The van der Waals surface area contributed by atoms with E-state index in [0.717, 1.165) is 55.7 Å². The van der Waals surface area contributed by atoms with Crippen LogP contribution in [0.3, 0.4) is 0 Å². The molecule has 14 aromatic rings. The molecule has 0 aliphatic rings. The Labute approximate surface area is 410 Å². The quantitative estimate of drug-likeness (QED) is 0.141. The lowest BCUT2D eigenvalue weighted by atomic mass is 9.91. The summed E-state index contributed by atoms with van der Waals surface area (Å²) in [5.74, 6) is 0. The third-order valence-electron chi connectivity index (χ3n) is 13.5. The molecule has 0 spiro atoms. The lowest BCUT2D eigenvalue weighted by Crippen LogP contribution is -2.09. The third-order valence-corrected chi connectivity index (χ3v) is 17.1. The van der Waals surface area contributed by atoms with E-state index in [2.05, 4.69) is 235 Å². The first-order valence-electron chi connectivity index (χ1n) is 23.2. The second-order valence-electron chi connectivity index (χ2n) is 17.6. The Kier molecular flexibility index (Phi) is 9.47. The van der Waals surface area contributed by atoms with Gasteiger partial charge in [0.1, 0.15) is 11.2 Å². The fraction of sp³-hybridized carbons (Fsp3) is 0. The number of nitrogens with zero attached hydrogens (tertiary/aromatic N) is 1. The first kappa shape index (κ1) is 40.0. The molecule has 0 bridgehead atoms. The number of hydrogen-bond donors (Lipinski definition) is 0. The predicted octanol–water partition coefficient (Wildman–Crippen LogP) is 19.9. The SMILES string of the molecule is C(=C(/c1cccc(-c2cccc3oc4ccccc4c23)c1)c1ccc2sc3sc4cc(N(c5ccc(-c6ccccc6)cc5)c5ccc6sc7ccccc7c6c5)ccc4c3c2c1)/c1ccccc1. The summed E-state index contributed by atoms with van der Waals surface area (Å²) >= 11 is 5.66. The van der Waals surface area contributed by atoms with E-state index in [0.29, 0.717) is 0 Å². The van der Waals surface area contributed by atoms with Gasteiger partial charge in [0.2, 0.25) is 0 Å². The van der Waals surface area contributed by atoms with Gasteiger partial charge < -0.3 is 9.32 Å². The van der Waals surface area contributed by atoms with Gasteiger partial charge in [-0.25, -0.2) is 0 Å². The van der Waals surface area contributed by atoms with Crippen LogP contribution in [0, 0.1) is 0 Å². The highest BCUT2D eigenvalue weighted by Gasteiger charge is 2.20. The summed E-state index contributed by atoms with van der Waals surface area (Å²) in [6, 6.07) is 84.0. The zero-order valence-electron chi connectivity index (χ0n) is 37.1. The number of para-hydroxylation sites is 1. The number of rotatable bonds is 8. The maximum atomic E-state index is 6.32. The Morgan fingerprint density at radius 1 is 0.362 bits per heavy atom. The van der Waals surface area contributed by atoms with Crippen LogP contribution in [-0.2, 0) is 0 Å². The van der Waals surface area contributed by atoms with E-state index < -0.39 is 0 Å². The molecule has 4 aromatic heterocycles. The molecule has 10 aromatic carbocycles. The fourth-order valence-corrected chi connectivity index (χ4v) is 14.0. The summed E-state index contributed by atoms with van der Waals surface area (Å²) in [6.45, 7) is 0. The largest absolute Gasteiger partial charge is 0.456 e. The molecule has 69 heavy (non-hydrogen) atoms. The summed E-state index contributed by atoms with van der Waals surface area (Å²) < 4.78 is 12.9. The monoisotopic (exact) mass is 933 g/mol. The van der Waals surface area contributed by atoms with Gasteiger partial charge in [-0.1, -0.05) is 152 Å². The molecule has 324 valence electrons. The predicted molar refractivity (Wildman–Crippen MR) is 300 cm³/mol. The van der Waals surface area contributed by atoms with Gasteiger partial charge in [-0.2, -0.15) is 0 Å². The van der Waals surface area contributed by atoms with Crippen molar-refractivity contribution in [3.8, 4) is 22.3 Å². The van der Waals surface area contributed by atoms with Gasteiger partial charge >= 0.3 is 0 Å². The highest BCUT2D eigenvalue weighted by atomic mass is 32.2. The van der Waals surface area contributed by atoms with Crippen LogP contribution in [0.2, 0.25) is 0 Å². The molecule has 0 fully saturated rings. The van der Waals surface area contributed by atoms with Crippen molar-refractivity contribution >= 4 is 134 Å². The maximum Gasteiger partial charge on any atom is 0.136 e. The molecule has 0 radical (unpaired) electrons. The van der Waals surface area contributed by atoms with Crippen molar-refractivity contribution in [1.29, 1.82) is 0 Å². The van der Waals surface area contributed by atoms with Gasteiger partial charge in [0, 0.05) is 73.6 Å². The molecular formula is C64H39NOS3. The number of fused-ring (bicyclic) bond motifs is 11. The summed E-state index contributed by atoms with van der Waals surface area (Å²) in [6.07, 6.45) is 2.34. The van der Waals surface area contributed by atoms with Crippen LogP contribution in [0.15, 0.2) is 235 Å². The fourth-order valence-electron chi connectivity index (χ4n) is 10.3. The van der Waals surface area contributed by atoms with Crippen LogP contribution >= 0.6 is 34.0 Å². The van der Waals surface area contributed by atoms with Crippen molar-refractivity contribution in [3.05, 3.63) is 247 Å². The minimum absolute atomic E-state index is 0.903. The Morgan fingerprint density at radius 3 is 1.88 bits per heavy atom. The standard InChI is InChI=1S/C64H39NOS3/c1-3-13-40(14-4-1)35-53(44-18-11-17-43(36-44)49-21-12-23-57-62(49)51-20-7-9-22-56(51)66-57)45-27-33-60-55(37-45)63-52-32-30-48(39-61(52)69-64(63)68-60)65(46-28-25-42(26-29-46)41-15-5-2-6-16-41)47-31-34-59-54(38-47)50-19-8-10-24-58(50)67-59/h1-39H/b53-35+. The third kappa shape index (κ3) is 6.89. The molecule has 0 saturated carbocycles. The number of furan rings is 1. The van der Waals surface area contributed by atoms with Crippen LogP contribution in [0.25, 0.3) is 106 Å².